The van der Waals surface area contributed by atoms with E-state index in [4.69, 9.17) is 9.47 Å². The molecular weight excluding hydrogens is 424 g/mol. The predicted molar refractivity (Wildman–Crippen MR) is 97.3 cm³/mol. The molecule has 3 aromatic rings. The van der Waals surface area contributed by atoms with E-state index in [0.29, 0.717) is 21.5 Å². The van der Waals surface area contributed by atoms with Crippen LogP contribution in [0, 0.1) is 0 Å². The molecule has 0 bridgehead atoms. The Bertz CT molecular complexity index is 891. The van der Waals surface area contributed by atoms with Crippen molar-refractivity contribution in [1.82, 2.24) is 0 Å². The van der Waals surface area contributed by atoms with Crippen molar-refractivity contribution in [2.75, 3.05) is 7.11 Å². The Labute approximate surface area is 150 Å². The molecule has 0 fully saturated rings. The second-order valence-electron chi connectivity index (χ2n) is 4.83. The normalized spacial score (nSPS) is 10.6. The lowest BCUT2D eigenvalue weighted by molar-refractivity contribution is 0.0737. The molecule has 0 atom stereocenters. The van der Waals surface area contributed by atoms with Crippen LogP contribution in [0.25, 0.3) is 10.8 Å². The Morgan fingerprint density at radius 1 is 0.870 bits per heavy atom. The predicted octanol–water partition coefficient (Wildman–Crippen LogP) is 5.59. The van der Waals surface area contributed by atoms with E-state index in [1.54, 1.807) is 31.4 Å². The molecule has 0 aliphatic carbocycles. The number of carbonyl (C=O) groups excluding carboxylic acids is 1. The lowest BCUT2D eigenvalue weighted by Gasteiger charge is -2.10. The monoisotopic (exact) mass is 434 g/mol. The largest absolute Gasteiger partial charge is 0.496 e. The van der Waals surface area contributed by atoms with Crippen molar-refractivity contribution < 1.29 is 14.3 Å². The maximum atomic E-state index is 12.4. The summed E-state index contributed by atoms with van der Waals surface area (Å²) in [7, 11) is 1.58. The first-order valence-electron chi connectivity index (χ1n) is 6.83. The van der Waals surface area contributed by atoms with E-state index in [1.165, 1.54) is 0 Å². The molecule has 0 radical (unpaired) electrons. The number of esters is 1. The zero-order chi connectivity index (χ0) is 16.4. The van der Waals surface area contributed by atoms with E-state index in [1.807, 2.05) is 30.3 Å². The minimum Gasteiger partial charge on any atom is -0.496 e. The Balaban J connectivity index is 1.95. The van der Waals surface area contributed by atoms with Gasteiger partial charge < -0.3 is 9.47 Å². The lowest BCUT2D eigenvalue weighted by Crippen LogP contribution is -2.09. The van der Waals surface area contributed by atoms with Gasteiger partial charge in [0.15, 0.2) is 0 Å². The van der Waals surface area contributed by atoms with E-state index >= 15 is 0 Å². The summed E-state index contributed by atoms with van der Waals surface area (Å²) in [5, 5.41) is 1.87. The molecule has 0 amide bonds. The van der Waals surface area contributed by atoms with Crippen molar-refractivity contribution in [3.63, 3.8) is 0 Å². The van der Waals surface area contributed by atoms with Crippen LogP contribution < -0.4 is 9.47 Å². The molecule has 5 heteroatoms. The van der Waals surface area contributed by atoms with Gasteiger partial charge in [0.1, 0.15) is 11.5 Å². The van der Waals surface area contributed by atoms with Gasteiger partial charge in [-0.2, -0.15) is 0 Å². The maximum Gasteiger partial charge on any atom is 0.343 e. The molecule has 0 N–H and O–H groups in total. The highest BCUT2D eigenvalue weighted by atomic mass is 79.9. The first kappa shape index (κ1) is 16.0. The molecule has 0 unspecified atom stereocenters. The van der Waals surface area contributed by atoms with Gasteiger partial charge in [-0.15, -0.1) is 0 Å². The first-order valence-corrected chi connectivity index (χ1v) is 8.41. The quantitative estimate of drug-likeness (QED) is 0.397. The van der Waals surface area contributed by atoms with Crippen molar-refractivity contribution in [1.29, 1.82) is 0 Å². The summed E-state index contributed by atoms with van der Waals surface area (Å²) in [4.78, 5) is 12.4. The number of benzene rings is 3. The fraction of sp³-hybridized carbons (Fsp3) is 0.0556. The van der Waals surface area contributed by atoms with Gasteiger partial charge in [-0.25, -0.2) is 4.79 Å². The molecule has 23 heavy (non-hydrogen) atoms. The van der Waals surface area contributed by atoms with Gasteiger partial charge in [0.25, 0.3) is 0 Å². The zero-order valence-electron chi connectivity index (χ0n) is 12.2. The Hall–Kier alpha value is -1.85. The molecule has 3 nitrogen and oxygen atoms in total. The Kier molecular flexibility index (Phi) is 4.68. The second-order valence-corrected chi connectivity index (χ2v) is 6.54. The SMILES string of the molecule is COc1ccc(C(=O)Oc2ccc(Br)c3ccccc23)cc1Br. The minimum atomic E-state index is -0.416. The molecule has 3 aromatic carbocycles. The Morgan fingerprint density at radius 3 is 2.26 bits per heavy atom. The van der Waals surface area contributed by atoms with E-state index in [-0.39, 0.29) is 0 Å². The number of halogens is 2. The molecule has 0 saturated carbocycles. The standard InChI is InChI=1S/C18H12Br2O3/c1-22-17-8-6-11(10-15(17)20)18(21)23-16-9-7-14(19)12-4-2-3-5-13(12)16/h2-10H,1H3. The van der Waals surface area contributed by atoms with Crippen molar-refractivity contribution >= 4 is 48.6 Å². The van der Waals surface area contributed by atoms with Crippen molar-refractivity contribution in [3.05, 3.63) is 69.1 Å². The zero-order valence-corrected chi connectivity index (χ0v) is 15.3. The van der Waals surface area contributed by atoms with E-state index < -0.39 is 5.97 Å². The third-order valence-electron chi connectivity index (χ3n) is 3.42. The Morgan fingerprint density at radius 2 is 1.57 bits per heavy atom. The summed E-state index contributed by atoms with van der Waals surface area (Å²) in [5.41, 5.74) is 0.449. The topological polar surface area (TPSA) is 35.5 Å². The van der Waals surface area contributed by atoms with Gasteiger partial charge >= 0.3 is 5.97 Å². The number of fused-ring (bicyclic) bond motifs is 1. The van der Waals surface area contributed by atoms with Crippen molar-refractivity contribution in [3.8, 4) is 11.5 Å². The van der Waals surface area contributed by atoms with Crippen molar-refractivity contribution in [2.45, 2.75) is 0 Å². The molecule has 116 valence electrons. The highest BCUT2D eigenvalue weighted by Crippen LogP contribution is 2.32. The van der Waals surface area contributed by atoms with E-state index in [0.717, 1.165) is 15.2 Å². The third-order valence-corrected chi connectivity index (χ3v) is 4.73. The van der Waals surface area contributed by atoms with Gasteiger partial charge in [0.2, 0.25) is 0 Å². The molecule has 0 aliphatic rings. The van der Waals surface area contributed by atoms with Gasteiger partial charge in [0, 0.05) is 9.86 Å². The molecule has 0 heterocycles. The summed E-state index contributed by atoms with van der Waals surface area (Å²) in [6.07, 6.45) is 0. The number of methoxy groups -OCH3 is 1. The fourth-order valence-electron chi connectivity index (χ4n) is 2.28. The van der Waals surface area contributed by atoms with E-state index in [2.05, 4.69) is 31.9 Å². The molecule has 0 aromatic heterocycles. The summed E-state index contributed by atoms with van der Waals surface area (Å²) in [6, 6.07) is 16.5. The average molecular weight is 436 g/mol. The minimum absolute atomic E-state index is 0.416. The van der Waals surface area contributed by atoms with Crippen LogP contribution in [-0.2, 0) is 0 Å². The third kappa shape index (κ3) is 3.26. The van der Waals surface area contributed by atoms with Crippen LogP contribution in [0.5, 0.6) is 11.5 Å². The summed E-state index contributed by atoms with van der Waals surface area (Å²) in [5.74, 6) is 0.775. The van der Waals surface area contributed by atoms with Crippen LogP contribution in [0.1, 0.15) is 10.4 Å². The fourth-order valence-corrected chi connectivity index (χ4v) is 3.29. The number of hydrogen-bond donors (Lipinski definition) is 0. The van der Waals surface area contributed by atoms with Crippen LogP contribution in [0.3, 0.4) is 0 Å². The molecule has 0 saturated heterocycles. The molecule has 0 spiro atoms. The molecule has 3 rings (SSSR count). The molecule has 0 aliphatic heterocycles. The van der Waals surface area contributed by atoms with Gasteiger partial charge in [0.05, 0.1) is 17.1 Å². The van der Waals surface area contributed by atoms with Crippen LogP contribution in [-0.4, -0.2) is 13.1 Å². The smallest absolute Gasteiger partial charge is 0.343 e. The second kappa shape index (κ2) is 6.72. The number of rotatable bonds is 3. The van der Waals surface area contributed by atoms with E-state index in [9.17, 15) is 4.79 Å². The summed E-state index contributed by atoms with van der Waals surface area (Å²) >= 11 is 6.88. The average Bonchev–Trinajstić information content (AvgIpc) is 2.57. The summed E-state index contributed by atoms with van der Waals surface area (Å²) in [6.45, 7) is 0. The van der Waals surface area contributed by atoms with Crippen LogP contribution in [0.15, 0.2) is 63.5 Å². The summed E-state index contributed by atoms with van der Waals surface area (Å²) < 4.78 is 12.4. The lowest BCUT2D eigenvalue weighted by atomic mass is 10.1. The maximum absolute atomic E-state index is 12.4. The van der Waals surface area contributed by atoms with Gasteiger partial charge in [-0.05, 0) is 51.6 Å². The first-order chi connectivity index (χ1) is 11.1. The van der Waals surface area contributed by atoms with Crippen LogP contribution in [0.4, 0.5) is 0 Å². The van der Waals surface area contributed by atoms with Crippen molar-refractivity contribution in [2.24, 2.45) is 0 Å². The number of ether oxygens (including phenoxy) is 2. The van der Waals surface area contributed by atoms with Crippen LogP contribution >= 0.6 is 31.9 Å². The number of carbonyl (C=O) groups is 1. The van der Waals surface area contributed by atoms with Gasteiger partial charge in [-0.3, -0.25) is 0 Å². The highest BCUT2D eigenvalue weighted by Gasteiger charge is 2.13. The van der Waals surface area contributed by atoms with Gasteiger partial charge in [-0.1, -0.05) is 40.2 Å². The number of hydrogen-bond acceptors (Lipinski definition) is 3. The van der Waals surface area contributed by atoms with Crippen LogP contribution in [0.2, 0.25) is 0 Å². The highest BCUT2D eigenvalue weighted by molar-refractivity contribution is 9.11. The molecular formula is C18H12Br2O3.